The van der Waals surface area contributed by atoms with Crippen molar-refractivity contribution in [3.05, 3.63) is 0 Å². The fraction of sp³-hybridized carbons (Fsp3) is 0.667. The molecular formula is C6H12N2O2S. The summed E-state index contributed by atoms with van der Waals surface area (Å²) in [6.45, 7) is 3.01. The molecule has 0 bridgehead atoms. The summed E-state index contributed by atoms with van der Waals surface area (Å²) in [6, 6.07) is -0.684. The van der Waals surface area contributed by atoms with Crippen molar-refractivity contribution < 1.29 is 9.59 Å². The normalized spacial score (nSPS) is 15.2. The molecule has 2 atom stereocenters. The summed E-state index contributed by atoms with van der Waals surface area (Å²) < 4.78 is 0. The van der Waals surface area contributed by atoms with E-state index in [-0.39, 0.29) is 11.2 Å². The Morgan fingerprint density at radius 1 is 1.55 bits per heavy atom. The number of thiol groups is 1. The summed E-state index contributed by atoms with van der Waals surface area (Å²) in [5.41, 5.74) is 4.98. The SMILES string of the molecule is CC(=O)NC(C(N)=O)C(C)S. The van der Waals surface area contributed by atoms with E-state index in [1.807, 2.05) is 0 Å². The van der Waals surface area contributed by atoms with Crippen LogP contribution in [0.25, 0.3) is 0 Å². The van der Waals surface area contributed by atoms with Crippen LogP contribution in [0.2, 0.25) is 0 Å². The molecule has 0 spiro atoms. The Labute approximate surface area is 70.9 Å². The van der Waals surface area contributed by atoms with Crippen molar-refractivity contribution in [2.45, 2.75) is 25.1 Å². The lowest BCUT2D eigenvalue weighted by molar-refractivity contribution is -0.126. The van der Waals surface area contributed by atoms with Crippen LogP contribution in [0.4, 0.5) is 0 Å². The molecular weight excluding hydrogens is 164 g/mol. The highest BCUT2D eigenvalue weighted by Gasteiger charge is 2.20. The van der Waals surface area contributed by atoms with E-state index in [9.17, 15) is 9.59 Å². The molecule has 2 unspecified atom stereocenters. The van der Waals surface area contributed by atoms with E-state index in [2.05, 4.69) is 17.9 Å². The van der Waals surface area contributed by atoms with E-state index in [1.54, 1.807) is 6.92 Å². The van der Waals surface area contributed by atoms with Crippen LogP contribution in [0.1, 0.15) is 13.8 Å². The highest BCUT2D eigenvalue weighted by Crippen LogP contribution is 1.99. The van der Waals surface area contributed by atoms with Crippen molar-refractivity contribution in [1.29, 1.82) is 0 Å². The Morgan fingerprint density at radius 3 is 2.09 bits per heavy atom. The van der Waals surface area contributed by atoms with Crippen LogP contribution in [-0.2, 0) is 9.59 Å². The van der Waals surface area contributed by atoms with E-state index in [0.29, 0.717) is 0 Å². The maximum absolute atomic E-state index is 10.6. The van der Waals surface area contributed by atoms with Crippen LogP contribution in [0.3, 0.4) is 0 Å². The van der Waals surface area contributed by atoms with Gasteiger partial charge in [-0.15, -0.1) is 0 Å². The number of carbonyl (C=O) groups excluding carboxylic acids is 2. The topological polar surface area (TPSA) is 72.2 Å². The van der Waals surface area contributed by atoms with E-state index >= 15 is 0 Å². The van der Waals surface area contributed by atoms with Crippen molar-refractivity contribution in [1.82, 2.24) is 5.32 Å². The number of hydrogen-bond acceptors (Lipinski definition) is 3. The van der Waals surface area contributed by atoms with Crippen molar-refractivity contribution in [2.75, 3.05) is 0 Å². The molecule has 0 rings (SSSR count). The number of rotatable bonds is 3. The quantitative estimate of drug-likeness (QED) is 0.497. The molecule has 0 radical (unpaired) electrons. The first-order chi connectivity index (χ1) is 4.95. The van der Waals surface area contributed by atoms with Gasteiger partial charge in [-0.1, -0.05) is 6.92 Å². The fourth-order valence-corrected chi connectivity index (χ4v) is 0.870. The minimum absolute atomic E-state index is 0.267. The number of amides is 2. The predicted octanol–water partition coefficient (Wildman–Crippen LogP) is -0.705. The Hall–Kier alpha value is -0.710. The minimum Gasteiger partial charge on any atom is -0.368 e. The molecule has 0 aromatic heterocycles. The van der Waals surface area contributed by atoms with Gasteiger partial charge >= 0.3 is 0 Å². The van der Waals surface area contributed by atoms with Crippen LogP contribution in [0, 0.1) is 0 Å². The monoisotopic (exact) mass is 176 g/mol. The highest BCUT2D eigenvalue weighted by molar-refractivity contribution is 7.81. The van der Waals surface area contributed by atoms with E-state index < -0.39 is 11.9 Å². The van der Waals surface area contributed by atoms with Crippen molar-refractivity contribution >= 4 is 24.4 Å². The Balaban J connectivity index is 4.12. The van der Waals surface area contributed by atoms with Gasteiger partial charge in [0.1, 0.15) is 6.04 Å². The van der Waals surface area contributed by atoms with Gasteiger partial charge in [0.15, 0.2) is 0 Å². The molecule has 0 heterocycles. The predicted molar refractivity (Wildman–Crippen MR) is 45.2 cm³/mol. The second-order valence-corrected chi connectivity index (χ2v) is 3.14. The van der Waals surface area contributed by atoms with Crippen molar-refractivity contribution in [3.63, 3.8) is 0 Å². The third-order valence-electron chi connectivity index (χ3n) is 1.15. The van der Waals surface area contributed by atoms with Gasteiger partial charge < -0.3 is 11.1 Å². The van der Waals surface area contributed by atoms with Gasteiger partial charge in [-0.3, -0.25) is 9.59 Å². The Bertz CT molecular complexity index is 170. The van der Waals surface area contributed by atoms with Crippen LogP contribution in [0.15, 0.2) is 0 Å². The zero-order valence-corrected chi connectivity index (χ0v) is 7.39. The van der Waals surface area contributed by atoms with Crippen LogP contribution >= 0.6 is 12.6 Å². The average molecular weight is 176 g/mol. The maximum Gasteiger partial charge on any atom is 0.241 e. The Morgan fingerprint density at radius 2 is 2.00 bits per heavy atom. The molecule has 64 valence electrons. The van der Waals surface area contributed by atoms with Crippen molar-refractivity contribution in [2.24, 2.45) is 5.73 Å². The molecule has 0 saturated heterocycles. The number of nitrogens with two attached hydrogens (primary N) is 1. The molecule has 5 heteroatoms. The first-order valence-corrected chi connectivity index (χ1v) is 3.71. The average Bonchev–Trinajstić information content (AvgIpc) is 1.81. The van der Waals surface area contributed by atoms with E-state index in [4.69, 9.17) is 5.73 Å². The smallest absolute Gasteiger partial charge is 0.241 e. The molecule has 11 heavy (non-hydrogen) atoms. The second-order valence-electron chi connectivity index (χ2n) is 2.32. The fourth-order valence-electron chi connectivity index (χ4n) is 0.648. The first-order valence-electron chi connectivity index (χ1n) is 3.19. The zero-order valence-electron chi connectivity index (χ0n) is 6.50. The second kappa shape index (κ2) is 4.23. The van der Waals surface area contributed by atoms with Gasteiger partial charge in [0.2, 0.25) is 11.8 Å². The lowest BCUT2D eigenvalue weighted by Crippen LogP contribution is -2.48. The molecule has 0 aliphatic carbocycles. The van der Waals surface area contributed by atoms with Crippen molar-refractivity contribution in [3.8, 4) is 0 Å². The molecule has 0 saturated carbocycles. The number of primary amides is 1. The summed E-state index contributed by atoms with van der Waals surface area (Å²) >= 11 is 3.99. The van der Waals surface area contributed by atoms with Gasteiger partial charge in [0.25, 0.3) is 0 Å². The molecule has 4 nitrogen and oxygen atoms in total. The van der Waals surface area contributed by atoms with Crippen LogP contribution in [0.5, 0.6) is 0 Å². The summed E-state index contributed by atoms with van der Waals surface area (Å²) in [7, 11) is 0. The van der Waals surface area contributed by atoms with E-state index in [0.717, 1.165) is 0 Å². The molecule has 0 aliphatic heterocycles. The minimum atomic E-state index is -0.684. The lowest BCUT2D eigenvalue weighted by atomic mass is 10.2. The third-order valence-corrected chi connectivity index (χ3v) is 1.45. The summed E-state index contributed by atoms with van der Waals surface area (Å²) in [5, 5.41) is 2.12. The highest BCUT2D eigenvalue weighted by atomic mass is 32.1. The third kappa shape index (κ3) is 3.87. The van der Waals surface area contributed by atoms with Gasteiger partial charge in [-0.05, 0) is 0 Å². The van der Waals surface area contributed by atoms with Gasteiger partial charge in [0, 0.05) is 12.2 Å². The molecule has 0 aromatic carbocycles. The number of carbonyl (C=O) groups is 2. The first kappa shape index (κ1) is 10.3. The van der Waals surface area contributed by atoms with Crippen LogP contribution in [-0.4, -0.2) is 23.1 Å². The maximum atomic E-state index is 10.6. The molecule has 0 fully saturated rings. The molecule has 0 aliphatic rings. The number of nitrogens with one attached hydrogen (secondary N) is 1. The lowest BCUT2D eigenvalue weighted by Gasteiger charge is -2.16. The van der Waals surface area contributed by atoms with Gasteiger partial charge in [-0.2, -0.15) is 12.6 Å². The molecule has 3 N–H and O–H groups in total. The molecule has 0 aromatic rings. The standard InChI is InChI=1S/C6H12N2O2S/c1-3(11)5(6(7)10)8-4(2)9/h3,5,11H,1-2H3,(H2,7,10)(H,8,9). The Kier molecular flexibility index (Phi) is 3.95. The van der Waals surface area contributed by atoms with Gasteiger partial charge in [-0.25, -0.2) is 0 Å². The van der Waals surface area contributed by atoms with Gasteiger partial charge in [0.05, 0.1) is 0 Å². The number of hydrogen-bond donors (Lipinski definition) is 3. The van der Waals surface area contributed by atoms with Crippen LogP contribution < -0.4 is 11.1 Å². The molecule has 2 amide bonds. The largest absolute Gasteiger partial charge is 0.368 e. The summed E-state index contributed by atoms with van der Waals surface area (Å²) in [5.74, 6) is -0.850. The summed E-state index contributed by atoms with van der Waals surface area (Å²) in [6.07, 6.45) is 0. The summed E-state index contributed by atoms with van der Waals surface area (Å²) in [4.78, 5) is 21.1. The zero-order chi connectivity index (χ0) is 9.02. The van der Waals surface area contributed by atoms with E-state index in [1.165, 1.54) is 6.92 Å².